The molecule has 0 aromatic heterocycles. The van der Waals surface area contributed by atoms with Gasteiger partial charge in [-0.15, -0.1) is 0 Å². The van der Waals surface area contributed by atoms with Crippen LogP contribution >= 0.6 is 12.2 Å². The van der Waals surface area contributed by atoms with Crippen LogP contribution in [0.15, 0.2) is 46.2 Å². The number of benzene rings is 2. The van der Waals surface area contributed by atoms with Gasteiger partial charge in [-0.25, -0.2) is 13.6 Å². The molecule has 0 aliphatic heterocycles. The predicted octanol–water partition coefficient (Wildman–Crippen LogP) is 2.40. The predicted molar refractivity (Wildman–Crippen MR) is 132 cm³/mol. The summed E-state index contributed by atoms with van der Waals surface area (Å²) in [5.41, 5.74) is 0.793. The molecule has 13 heteroatoms. The van der Waals surface area contributed by atoms with E-state index in [0.29, 0.717) is 5.69 Å². The Morgan fingerprint density at radius 3 is 1.91 bits per heavy atom. The van der Waals surface area contributed by atoms with Crippen LogP contribution < -0.4 is 21.1 Å². The Kier molecular flexibility index (Phi) is 8.32. The number of amides is 1. The van der Waals surface area contributed by atoms with Crippen molar-refractivity contribution in [1.82, 2.24) is 5.32 Å². The van der Waals surface area contributed by atoms with Gasteiger partial charge in [0.25, 0.3) is 10.1 Å². The van der Waals surface area contributed by atoms with Gasteiger partial charge in [0.15, 0.2) is 5.11 Å². The first-order chi connectivity index (χ1) is 15.2. The number of hydrogen-bond donors (Lipinski definition) is 5. The molecule has 1 amide bonds. The summed E-state index contributed by atoms with van der Waals surface area (Å²) in [6, 6.07) is 8.28. The van der Waals surface area contributed by atoms with Gasteiger partial charge in [-0.1, -0.05) is 24.3 Å². The van der Waals surface area contributed by atoms with Crippen molar-refractivity contribution in [2.45, 2.75) is 36.6 Å². The van der Waals surface area contributed by atoms with E-state index in [0.717, 1.165) is 0 Å². The molecule has 0 aliphatic carbocycles. The lowest BCUT2D eigenvalue weighted by atomic mass is 10.1. The molecule has 0 radical (unpaired) electrons. The van der Waals surface area contributed by atoms with Crippen LogP contribution in [0.4, 0.5) is 11.4 Å². The lowest BCUT2D eigenvalue weighted by Crippen LogP contribution is -2.33. The standard InChI is InChI=1S/C20H24N4O6S3/c1-12(2)22-20(31)24-17-9-7-15(19(11-17)33(28,29)30)5-4-14-6-8-16(23-13(3)25)10-18(14)32(21,26)27/h4-12H,1-3H3,(H,23,25)(H2,21,26,27)(H2,22,24,31)(H,28,29,30)/b5-4+. The zero-order valence-electron chi connectivity index (χ0n) is 18.0. The molecule has 0 aliphatic rings. The van der Waals surface area contributed by atoms with Gasteiger partial charge in [0.05, 0.1) is 4.90 Å². The molecule has 0 unspecified atom stereocenters. The Morgan fingerprint density at radius 1 is 0.970 bits per heavy atom. The van der Waals surface area contributed by atoms with Crippen LogP contribution in [-0.2, 0) is 24.9 Å². The quantitative estimate of drug-likeness (QED) is 0.212. The second-order valence-electron chi connectivity index (χ2n) is 7.29. The number of thiocarbonyl (C=S) groups is 1. The minimum Gasteiger partial charge on any atom is -0.360 e. The molecule has 2 aromatic carbocycles. The molecule has 0 bridgehead atoms. The number of carbonyl (C=O) groups is 1. The van der Waals surface area contributed by atoms with Crippen LogP contribution in [0, 0.1) is 0 Å². The third kappa shape index (κ3) is 7.91. The smallest absolute Gasteiger partial charge is 0.295 e. The summed E-state index contributed by atoms with van der Waals surface area (Å²) in [4.78, 5) is 10.6. The number of anilines is 2. The Bertz CT molecular complexity index is 1320. The zero-order chi connectivity index (χ0) is 25.0. The van der Waals surface area contributed by atoms with E-state index >= 15 is 0 Å². The molecular weight excluding hydrogens is 488 g/mol. The normalized spacial score (nSPS) is 12.1. The number of nitrogens with one attached hydrogen (secondary N) is 3. The van der Waals surface area contributed by atoms with Gasteiger partial charge in [-0.2, -0.15) is 8.42 Å². The number of primary sulfonamides is 1. The topological polar surface area (TPSA) is 168 Å². The van der Waals surface area contributed by atoms with E-state index in [1.807, 2.05) is 13.8 Å². The summed E-state index contributed by atoms with van der Waals surface area (Å²) in [5.74, 6) is -0.395. The maximum Gasteiger partial charge on any atom is 0.295 e. The summed E-state index contributed by atoms with van der Waals surface area (Å²) < 4.78 is 57.6. The number of rotatable bonds is 7. The molecule has 178 valence electrons. The first-order valence-electron chi connectivity index (χ1n) is 9.48. The van der Waals surface area contributed by atoms with Gasteiger partial charge in [0.1, 0.15) is 4.90 Å². The maximum atomic E-state index is 12.0. The average molecular weight is 513 g/mol. The molecule has 0 heterocycles. The van der Waals surface area contributed by atoms with E-state index in [1.165, 1.54) is 49.4 Å². The van der Waals surface area contributed by atoms with Gasteiger partial charge in [0, 0.05) is 24.3 Å². The van der Waals surface area contributed by atoms with Crippen LogP contribution in [0.2, 0.25) is 0 Å². The lowest BCUT2D eigenvalue weighted by molar-refractivity contribution is -0.114. The monoisotopic (exact) mass is 512 g/mol. The van der Waals surface area contributed by atoms with Crippen molar-refractivity contribution < 1.29 is 26.2 Å². The summed E-state index contributed by atoms with van der Waals surface area (Å²) in [5, 5.41) is 13.8. The lowest BCUT2D eigenvalue weighted by Gasteiger charge is -2.14. The third-order valence-electron chi connectivity index (χ3n) is 4.05. The Morgan fingerprint density at radius 2 is 1.45 bits per heavy atom. The maximum absolute atomic E-state index is 12.0. The van der Waals surface area contributed by atoms with Crippen molar-refractivity contribution in [2.24, 2.45) is 5.14 Å². The molecule has 2 aromatic rings. The van der Waals surface area contributed by atoms with Crippen LogP contribution in [0.5, 0.6) is 0 Å². The van der Waals surface area contributed by atoms with Crippen LogP contribution in [0.1, 0.15) is 31.9 Å². The molecule has 6 N–H and O–H groups in total. The number of hydrogen-bond acceptors (Lipinski definition) is 6. The van der Waals surface area contributed by atoms with E-state index in [4.69, 9.17) is 17.4 Å². The number of carbonyl (C=O) groups excluding carboxylic acids is 1. The molecule has 0 saturated carbocycles. The molecule has 0 atom stereocenters. The van der Waals surface area contributed by atoms with Crippen LogP contribution in [-0.4, -0.2) is 38.4 Å². The minimum atomic E-state index is -4.62. The van der Waals surface area contributed by atoms with Crippen LogP contribution in [0.3, 0.4) is 0 Å². The van der Waals surface area contributed by atoms with Gasteiger partial charge >= 0.3 is 0 Å². The molecule has 10 nitrogen and oxygen atoms in total. The van der Waals surface area contributed by atoms with Gasteiger partial charge < -0.3 is 16.0 Å². The van der Waals surface area contributed by atoms with E-state index < -0.39 is 30.9 Å². The molecule has 0 fully saturated rings. The van der Waals surface area contributed by atoms with E-state index in [1.54, 1.807) is 6.07 Å². The van der Waals surface area contributed by atoms with Crippen LogP contribution in [0.25, 0.3) is 12.2 Å². The van der Waals surface area contributed by atoms with Gasteiger partial charge in [0.2, 0.25) is 15.9 Å². The van der Waals surface area contributed by atoms with E-state index in [-0.39, 0.29) is 32.9 Å². The Balaban J connectivity index is 2.48. The van der Waals surface area contributed by atoms with Crippen molar-refractivity contribution in [3.63, 3.8) is 0 Å². The van der Waals surface area contributed by atoms with Crippen molar-refractivity contribution in [1.29, 1.82) is 0 Å². The highest BCUT2D eigenvalue weighted by Gasteiger charge is 2.17. The van der Waals surface area contributed by atoms with E-state index in [9.17, 15) is 26.2 Å². The van der Waals surface area contributed by atoms with Crippen molar-refractivity contribution >= 4 is 66.9 Å². The molecule has 33 heavy (non-hydrogen) atoms. The van der Waals surface area contributed by atoms with Crippen molar-refractivity contribution in [2.75, 3.05) is 10.6 Å². The molecule has 0 saturated heterocycles. The highest BCUT2D eigenvalue weighted by Crippen LogP contribution is 2.26. The summed E-state index contributed by atoms with van der Waals surface area (Å²) in [7, 11) is -8.79. The fraction of sp³-hybridized carbons (Fsp3) is 0.200. The van der Waals surface area contributed by atoms with Crippen molar-refractivity contribution in [3.05, 3.63) is 47.5 Å². The fourth-order valence-electron chi connectivity index (χ4n) is 2.78. The minimum absolute atomic E-state index is 0.0540. The second kappa shape index (κ2) is 10.4. The molecule has 0 spiro atoms. The molecule has 2 rings (SSSR count). The summed E-state index contributed by atoms with van der Waals surface area (Å²) >= 11 is 5.14. The fourth-order valence-corrected chi connectivity index (χ4v) is 4.60. The first kappa shape index (κ1) is 26.4. The second-order valence-corrected chi connectivity index (χ2v) is 10.6. The molecular formula is C20H24N4O6S3. The zero-order valence-corrected chi connectivity index (χ0v) is 20.4. The number of sulfonamides is 1. The Labute approximate surface area is 198 Å². The number of nitrogens with two attached hydrogens (primary N) is 1. The highest BCUT2D eigenvalue weighted by atomic mass is 32.2. The van der Waals surface area contributed by atoms with Crippen molar-refractivity contribution in [3.8, 4) is 0 Å². The SMILES string of the molecule is CC(=O)Nc1ccc(/C=C/c2ccc(NC(=S)NC(C)C)cc2S(=O)(=O)O)c(S(N)(=O)=O)c1. The van der Waals surface area contributed by atoms with E-state index in [2.05, 4.69) is 16.0 Å². The highest BCUT2D eigenvalue weighted by molar-refractivity contribution is 7.89. The largest absolute Gasteiger partial charge is 0.360 e. The summed E-state index contributed by atoms with van der Waals surface area (Å²) in [6.07, 6.45) is 2.65. The Hall–Kier alpha value is -2.84. The van der Waals surface area contributed by atoms with Gasteiger partial charge in [-0.3, -0.25) is 9.35 Å². The third-order valence-corrected chi connectivity index (χ3v) is 6.15. The summed E-state index contributed by atoms with van der Waals surface area (Å²) in [6.45, 7) is 5.03. The van der Waals surface area contributed by atoms with Gasteiger partial charge in [-0.05, 0) is 61.5 Å². The average Bonchev–Trinajstić information content (AvgIpc) is 2.65. The first-order valence-corrected chi connectivity index (χ1v) is 12.9.